The third-order valence-electron chi connectivity index (χ3n) is 3.88. The average Bonchev–Trinajstić information content (AvgIpc) is 3.48. The van der Waals surface area contributed by atoms with E-state index >= 15 is 0 Å². The van der Waals surface area contributed by atoms with Gasteiger partial charge in [0.2, 0.25) is 0 Å². The van der Waals surface area contributed by atoms with Crippen LogP contribution in [0.4, 0.5) is 5.69 Å². The van der Waals surface area contributed by atoms with E-state index < -0.39 is 0 Å². The molecule has 0 saturated carbocycles. The summed E-state index contributed by atoms with van der Waals surface area (Å²) in [6.45, 7) is 0.271. The number of carbonyl (C=O) groups is 2. The summed E-state index contributed by atoms with van der Waals surface area (Å²) in [5.74, 6) is 0.0584. The molecule has 0 spiro atoms. The number of rotatable bonds is 6. The number of hydrogen-bond donors (Lipinski definition) is 2. The molecule has 0 saturated heterocycles. The zero-order valence-electron chi connectivity index (χ0n) is 14.5. The Kier molecular flexibility index (Phi) is 5.31. The highest BCUT2D eigenvalue weighted by Gasteiger charge is 2.16. The quantitative estimate of drug-likeness (QED) is 0.486. The van der Waals surface area contributed by atoms with Crippen molar-refractivity contribution in [3.63, 3.8) is 0 Å². The fraction of sp³-hybridized carbons (Fsp3) is 0.0500. The van der Waals surface area contributed by atoms with Crippen LogP contribution in [-0.4, -0.2) is 16.8 Å². The van der Waals surface area contributed by atoms with Crippen LogP contribution in [0.15, 0.2) is 70.8 Å². The Morgan fingerprint density at radius 3 is 2.71 bits per heavy atom. The van der Waals surface area contributed by atoms with E-state index in [1.807, 2.05) is 17.5 Å². The lowest BCUT2D eigenvalue weighted by Crippen LogP contribution is -2.24. The van der Waals surface area contributed by atoms with Gasteiger partial charge in [-0.05, 0) is 35.7 Å². The minimum atomic E-state index is -0.299. The van der Waals surface area contributed by atoms with Crippen molar-refractivity contribution in [3.8, 4) is 9.88 Å². The Hall–Kier alpha value is -3.23. The lowest BCUT2D eigenvalue weighted by molar-refractivity contribution is 0.0949. The molecule has 2 N–H and O–H groups in total. The van der Waals surface area contributed by atoms with Crippen molar-refractivity contribution in [1.82, 2.24) is 10.3 Å². The molecular weight excluding hydrogens is 394 g/mol. The third kappa shape index (κ3) is 4.03. The summed E-state index contributed by atoms with van der Waals surface area (Å²) in [4.78, 5) is 31.0. The molecular formula is C20H15N3O3S2. The molecule has 4 rings (SSSR count). The lowest BCUT2D eigenvalue weighted by Gasteiger charge is -2.10. The number of thiazole rings is 1. The predicted molar refractivity (Wildman–Crippen MR) is 110 cm³/mol. The molecule has 0 aliphatic rings. The highest BCUT2D eigenvalue weighted by molar-refractivity contribution is 7.22. The Bertz CT molecular complexity index is 1090. The van der Waals surface area contributed by atoms with Crippen LogP contribution in [0.3, 0.4) is 0 Å². The summed E-state index contributed by atoms with van der Waals surface area (Å²) >= 11 is 2.89. The summed E-state index contributed by atoms with van der Waals surface area (Å²) in [5.41, 5.74) is 0.820. The Labute approximate surface area is 168 Å². The van der Waals surface area contributed by atoms with Crippen LogP contribution in [0.1, 0.15) is 25.8 Å². The van der Waals surface area contributed by atoms with Crippen LogP contribution in [0.2, 0.25) is 0 Å². The molecule has 8 heteroatoms. The number of aromatic nitrogens is 1. The molecule has 3 aromatic heterocycles. The first-order valence-corrected chi connectivity index (χ1v) is 10.1. The molecule has 3 heterocycles. The summed E-state index contributed by atoms with van der Waals surface area (Å²) in [6.07, 6.45) is 3.10. The second kappa shape index (κ2) is 8.20. The SMILES string of the molecule is O=C(Nc1ccccc1C(=O)NCc1ccco1)c1cnc(-c2cccs2)s1. The molecule has 0 aliphatic carbocycles. The van der Waals surface area contributed by atoms with Crippen molar-refractivity contribution < 1.29 is 14.0 Å². The van der Waals surface area contributed by atoms with E-state index in [9.17, 15) is 9.59 Å². The summed E-state index contributed by atoms with van der Waals surface area (Å²) in [6, 6.07) is 14.3. The van der Waals surface area contributed by atoms with Crippen LogP contribution in [0.5, 0.6) is 0 Å². The van der Waals surface area contributed by atoms with Gasteiger partial charge in [-0.1, -0.05) is 18.2 Å². The topological polar surface area (TPSA) is 84.2 Å². The van der Waals surface area contributed by atoms with Crippen LogP contribution in [0, 0.1) is 0 Å². The number of benzene rings is 1. The van der Waals surface area contributed by atoms with Gasteiger partial charge in [0.15, 0.2) is 0 Å². The summed E-state index contributed by atoms with van der Waals surface area (Å²) < 4.78 is 5.22. The average molecular weight is 409 g/mol. The maximum absolute atomic E-state index is 12.6. The number of nitrogens with one attached hydrogen (secondary N) is 2. The van der Waals surface area contributed by atoms with Crippen molar-refractivity contribution in [2.24, 2.45) is 0 Å². The monoisotopic (exact) mass is 409 g/mol. The highest BCUT2D eigenvalue weighted by Crippen LogP contribution is 2.29. The van der Waals surface area contributed by atoms with Gasteiger partial charge in [-0.25, -0.2) is 4.98 Å². The van der Waals surface area contributed by atoms with E-state index in [1.54, 1.807) is 60.2 Å². The maximum Gasteiger partial charge on any atom is 0.267 e. The van der Waals surface area contributed by atoms with Gasteiger partial charge in [-0.3, -0.25) is 9.59 Å². The van der Waals surface area contributed by atoms with Crippen molar-refractivity contribution in [1.29, 1.82) is 0 Å². The van der Waals surface area contributed by atoms with Crippen LogP contribution >= 0.6 is 22.7 Å². The molecule has 0 atom stereocenters. The maximum atomic E-state index is 12.6. The Morgan fingerprint density at radius 1 is 1.04 bits per heavy atom. The number of nitrogens with zero attached hydrogens (tertiary/aromatic N) is 1. The molecule has 2 amide bonds. The molecule has 140 valence electrons. The Morgan fingerprint density at radius 2 is 1.93 bits per heavy atom. The number of furan rings is 1. The van der Waals surface area contributed by atoms with Gasteiger partial charge in [0.1, 0.15) is 15.6 Å². The first-order chi connectivity index (χ1) is 13.7. The Balaban J connectivity index is 1.47. The highest BCUT2D eigenvalue weighted by atomic mass is 32.1. The van der Waals surface area contributed by atoms with E-state index in [4.69, 9.17) is 4.42 Å². The minimum absolute atomic E-state index is 0.271. The fourth-order valence-electron chi connectivity index (χ4n) is 2.54. The lowest BCUT2D eigenvalue weighted by atomic mass is 10.1. The molecule has 6 nitrogen and oxygen atoms in total. The zero-order chi connectivity index (χ0) is 19.3. The van der Waals surface area contributed by atoms with Crippen LogP contribution in [-0.2, 0) is 6.54 Å². The second-order valence-corrected chi connectivity index (χ2v) is 7.75. The first-order valence-electron chi connectivity index (χ1n) is 8.41. The van der Waals surface area contributed by atoms with E-state index in [1.165, 1.54) is 11.3 Å². The second-order valence-electron chi connectivity index (χ2n) is 5.77. The number of hydrogen-bond acceptors (Lipinski definition) is 6. The van der Waals surface area contributed by atoms with E-state index in [0.29, 0.717) is 21.9 Å². The molecule has 0 unspecified atom stereocenters. The van der Waals surface area contributed by atoms with E-state index in [0.717, 1.165) is 9.88 Å². The standard InChI is InChI=1S/C20H15N3O3S2/c24-18(21-11-13-5-3-9-26-13)14-6-1-2-7-15(14)23-19(25)17-12-22-20(28-17)16-8-4-10-27-16/h1-10,12H,11H2,(H,21,24)(H,23,25). The minimum Gasteiger partial charge on any atom is -0.467 e. The third-order valence-corrected chi connectivity index (χ3v) is 5.92. The number of anilines is 1. The van der Waals surface area contributed by atoms with Gasteiger partial charge >= 0.3 is 0 Å². The molecule has 1 aromatic carbocycles. The zero-order valence-corrected chi connectivity index (χ0v) is 16.2. The number of para-hydroxylation sites is 1. The molecule has 0 aliphatic heterocycles. The van der Waals surface area contributed by atoms with Crippen molar-refractivity contribution in [2.75, 3.05) is 5.32 Å². The van der Waals surface area contributed by atoms with Gasteiger partial charge in [-0.2, -0.15) is 0 Å². The smallest absolute Gasteiger partial charge is 0.267 e. The van der Waals surface area contributed by atoms with Crippen molar-refractivity contribution in [2.45, 2.75) is 6.54 Å². The number of thiophene rings is 1. The normalized spacial score (nSPS) is 10.6. The molecule has 0 fully saturated rings. The predicted octanol–water partition coefficient (Wildman–Crippen LogP) is 4.65. The van der Waals surface area contributed by atoms with Crippen molar-refractivity contribution in [3.05, 3.63) is 82.6 Å². The fourth-order valence-corrected chi connectivity index (χ4v) is 4.16. The number of carbonyl (C=O) groups excluding carboxylic acids is 2. The van der Waals surface area contributed by atoms with Crippen molar-refractivity contribution >= 4 is 40.2 Å². The molecule has 28 heavy (non-hydrogen) atoms. The summed E-state index contributed by atoms with van der Waals surface area (Å²) in [7, 11) is 0. The summed E-state index contributed by atoms with van der Waals surface area (Å²) in [5, 5.41) is 8.36. The van der Waals surface area contributed by atoms with Gasteiger partial charge in [0.25, 0.3) is 11.8 Å². The van der Waals surface area contributed by atoms with Gasteiger partial charge in [0.05, 0.1) is 35.1 Å². The van der Waals surface area contributed by atoms with Gasteiger partial charge in [-0.15, -0.1) is 22.7 Å². The molecule has 0 bridgehead atoms. The van der Waals surface area contributed by atoms with Gasteiger partial charge < -0.3 is 15.1 Å². The molecule has 0 radical (unpaired) electrons. The first kappa shape index (κ1) is 18.1. The van der Waals surface area contributed by atoms with Crippen LogP contribution in [0.25, 0.3) is 9.88 Å². The van der Waals surface area contributed by atoms with E-state index in [-0.39, 0.29) is 18.4 Å². The number of amides is 2. The van der Waals surface area contributed by atoms with Crippen LogP contribution < -0.4 is 10.6 Å². The van der Waals surface area contributed by atoms with E-state index in [2.05, 4.69) is 15.6 Å². The molecule has 4 aromatic rings. The van der Waals surface area contributed by atoms with Gasteiger partial charge in [0, 0.05) is 0 Å². The largest absolute Gasteiger partial charge is 0.467 e.